The van der Waals surface area contributed by atoms with Crippen LogP contribution in [0.2, 0.25) is 5.02 Å². The van der Waals surface area contributed by atoms with Crippen LogP contribution in [-0.4, -0.2) is 24.5 Å². The van der Waals surface area contributed by atoms with Gasteiger partial charge in [-0.25, -0.2) is 0 Å². The summed E-state index contributed by atoms with van der Waals surface area (Å²) >= 11 is 5.85. The molecule has 5 heteroatoms. The molecule has 0 spiro atoms. The summed E-state index contributed by atoms with van der Waals surface area (Å²) in [5.41, 5.74) is 7.62. The molecule has 2 rings (SSSR count). The zero-order valence-corrected chi connectivity index (χ0v) is 13.4. The largest absolute Gasteiger partial charge is 0.356 e. The van der Waals surface area contributed by atoms with Crippen molar-refractivity contribution in [2.24, 2.45) is 5.92 Å². The Bertz CT molecular complexity index is 453. The maximum Gasteiger partial charge on any atom is 0.220 e. The fourth-order valence-electron chi connectivity index (χ4n) is 2.69. The maximum absolute atomic E-state index is 11.9. The number of benzene rings is 1. The Morgan fingerprint density at radius 1 is 1.19 bits per heavy atom. The topological polar surface area (TPSA) is 53.2 Å². The molecule has 3 N–H and O–H groups in total. The predicted octanol–water partition coefficient (Wildman–Crippen LogP) is 2.28. The third-order valence-electron chi connectivity index (χ3n) is 4.14. The molecule has 1 aromatic carbocycles. The van der Waals surface area contributed by atoms with Crippen molar-refractivity contribution >= 4 is 17.5 Å². The Morgan fingerprint density at radius 2 is 1.81 bits per heavy atom. The summed E-state index contributed by atoms with van der Waals surface area (Å²) in [4.78, 5) is 11.9. The lowest BCUT2D eigenvalue weighted by atomic mass is 9.96. The van der Waals surface area contributed by atoms with Crippen molar-refractivity contribution in [2.45, 2.75) is 45.2 Å². The van der Waals surface area contributed by atoms with Gasteiger partial charge < -0.3 is 5.32 Å². The zero-order valence-electron chi connectivity index (χ0n) is 12.7. The van der Waals surface area contributed by atoms with Crippen LogP contribution < -0.4 is 16.2 Å². The molecule has 0 radical (unpaired) electrons. The average Bonchev–Trinajstić information content (AvgIpc) is 2.78. The number of carbonyl (C=O) groups excluding carboxylic acids is 1. The van der Waals surface area contributed by atoms with Gasteiger partial charge in [-0.3, -0.25) is 15.6 Å². The Morgan fingerprint density at radius 3 is 2.43 bits per heavy atom. The van der Waals surface area contributed by atoms with E-state index in [9.17, 15) is 4.79 Å². The van der Waals surface area contributed by atoms with Gasteiger partial charge in [-0.15, -0.1) is 0 Å². The van der Waals surface area contributed by atoms with Crippen LogP contribution in [0.5, 0.6) is 0 Å². The Labute approximate surface area is 131 Å². The normalized spacial score (nSPS) is 25.0. The molecule has 0 saturated carbocycles. The highest BCUT2D eigenvalue weighted by Gasteiger charge is 2.29. The number of rotatable bonds is 6. The summed E-state index contributed by atoms with van der Waals surface area (Å²) in [7, 11) is 0. The lowest BCUT2D eigenvalue weighted by Crippen LogP contribution is -2.37. The van der Waals surface area contributed by atoms with Crippen molar-refractivity contribution < 1.29 is 4.79 Å². The van der Waals surface area contributed by atoms with E-state index in [4.69, 9.17) is 11.6 Å². The highest BCUT2D eigenvalue weighted by Crippen LogP contribution is 2.14. The number of amides is 1. The van der Waals surface area contributed by atoms with E-state index >= 15 is 0 Å². The number of aryl methyl sites for hydroxylation is 1. The fraction of sp³-hybridized carbons (Fsp3) is 0.562. The minimum Gasteiger partial charge on any atom is -0.356 e. The number of hydrazine groups is 1. The molecule has 1 aromatic rings. The number of carbonyl (C=O) groups is 1. The summed E-state index contributed by atoms with van der Waals surface area (Å²) in [5, 5.41) is 3.79. The van der Waals surface area contributed by atoms with Gasteiger partial charge in [0.15, 0.2) is 0 Å². The van der Waals surface area contributed by atoms with Crippen LogP contribution in [0.3, 0.4) is 0 Å². The average molecular weight is 310 g/mol. The highest BCUT2D eigenvalue weighted by molar-refractivity contribution is 6.30. The van der Waals surface area contributed by atoms with Crippen LogP contribution in [0, 0.1) is 5.92 Å². The van der Waals surface area contributed by atoms with Gasteiger partial charge >= 0.3 is 0 Å². The Kier molecular flexibility index (Phi) is 6.03. The second kappa shape index (κ2) is 7.78. The van der Waals surface area contributed by atoms with E-state index < -0.39 is 0 Å². The minimum absolute atomic E-state index is 0.135. The first-order valence-corrected chi connectivity index (χ1v) is 7.96. The molecule has 21 heavy (non-hydrogen) atoms. The first-order valence-electron chi connectivity index (χ1n) is 7.58. The molecule has 1 heterocycles. The molecule has 1 fully saturated rings. The molecule has 1 saturated heterocycles. The summed E-state index contributed by atoms with van der Waals surface area (Å²) in [6.07, 6.45) is 2.34. The van der Waals surface area contributed by atoms with Crippen LogP contribution in [0.25, 0.3) is 0 Å². The summed E-state index contributed by atoms with van der Waals surface area (Å²) in [6.45, 7) is 4.99. The zero-order chi connectivity index (χ0) is 15.2. The SMILES string of the molecule is CC1NNC(C)C1CNC(=O)CCCc1ccc(Cl)cc1. The van der Waals surface area contributed by atoms with E-state index in [2.05, 4.69) is 30.0 Å². The number of nitrogens with one attached hydrogen (secondary N) is 3. The molecular weight excluding hydrogens is 286 g/mol. The fourth-order valence-corrected chi connectivity index (χ4v) is 2.81. The van der Waals surface area contributed by atoms with Crippen LogP contribution in [0.1, 0.15) is 32.3 Å². The summed E-state index contributed by atoms with van der Waals surface area (Å²) in [6, 6.07) is 8.57. The van der Waals surface area contributed by atoms with Crippen molar-refractivity contribution in [1.29, 1.82) is 0 Å². The maximum atomic E-state index is 11.9. The van der Waals surface area contributed by atoms with Gasteiger partial charge in [0.25, 0.3) is 0 Å². The second-order valence-corrected chi connectivity index (χ2v) is 6.25. The minimum atomic E-state index is 0.135. The first kappa shape index (κ1) is 16.3. The van der Waals surface area contributed by atoms with Crippen molar-refractivity contribution in [2.75, 3.05) is 6.54 Å². The molecule has 0 bridgehead atoms. The molecule has 2 atom stereocenters. The molecule has 2 unspecified atom stereocenters. The van der Waals surface area contributed by atoms with Gasteiger partial charge in [0.2, 0.25) is 5.91 Å². The summed E-state index contributed by atoms with van der Waals surface area (Å²) < 4.78 is 0. The molecule has 116 valence electrons. The van der Waals surface area contributed by atoms with Gasteiger partial charge in [0, 0.05) is 36.0 Å². The molecule has 0 aliphatic carbocycles. The van der Waals surface area contributed by atoms with Crippen molar-refractivity contribution in [1.82, 2.24) is 16.2 Å². The van der Waals surface area contributed by atoms with Crippen LogP contribution in [0.15, 0.2) is 24.3 Å². The van der Waals surface area contributed by atoms with E-state index in [1.54, 1.807) is 0 Å². The lowest BCUT2D eigenvalue weighted by molar-refractivity contribution is -0.121. The van der Waals surface area contributed by atoms with E-state index in [1.165, 1.54) is 5.56 Å². The smallest absolute Gasteiger partial charge is 0.220 e. The van der Waals surface area contributed by atoms with Gasteiger partial charge in [0.1, 0.15) is 0 Å². The standard InChI is InChI=1S/C16H24ClN3O/c1-11-15(12(2)20-19-11)10-18-16(21)5-3-4-13-6-8-14(17)9-7-13/h6-9,11-12,15,19-20H,3-5,10H2,1-2H3,(H,18,21). The Hall–Kier alpha value is -1.10. The monoisotopic (exact) mass is 309 g/mol. The van der Waals surface area contributed by atoms with Crippen LogP contribution >= 0.6 is 11.6 Å². The van der Waals surface area contributed by atoms with Gasteiger partial charge in [-0.1, -0.05) is 23.7 Å². The van der Waals surface area contributed by atoms with Gasteiger partial charge in [-0.05, 0) is 44.4 Å². The van der Waals surface area contributed by atoms with Crippen molar-refractivity contribution in [3.8, 4) is 0 Å². The molecule has 4 nitrogen and oxygen atoms in total. The lowest BCUT2D eigenvalue weighted by Gasteiger charge is -2.18. The number of hydrogen-bond donors (Lipinski definition) is 3. The van der Waals surface area contributed by atoms with Crippen molar-refractivity contribution in [3.63, 3.8) is 0 Å². The van der Waals surface area contributed by atoms with E-state index in [-0.39, 0.29) is 5.91 Å². The van der Waals surface area contributed by atoms with Crippen LogP contribution in [-0.2, 0) is 11.2 Å². The highest BCUT2D eigenvalue weighted by atomic mass is 35.5. The quantitative estimate of drug-likeness (QED) is 0.755. The van der Waals surface area contributed by atoms with Gasteiger partial charge in [-0.2, -0.15) is 0 Å². The predicted molar refractivity (Wildman–Crippen MR) is 86.1 cm³/mol. The molecule has 0 aromatic heterocycles. The number of hydrogen-bond acceptors (Lipinski definition) is 3. The second-order valence-electron chi connectivity index (χ2n) is 5.81. The molecular formula is C16H24ClN3O. The van der Waals surface area contributed by atoms with E-state index in [0.29, 0.717) is 24.4 Å². The third-order valence-corrected chi connectivity index (χ3v) is 4.39. The van der Waals surface area contributed by atoms with E-state index in [1.807, 2.05) is 24.3 Å². The van der Waals surface area contributed by atoms with Crippen LogP contribution in [0.4, 0.5) is 0 Å². The van der Waals surface area contributed by atoms with Gasteiger partial charge in [0.05, 0.1) is 0 Å². The van der Waals surface area contributed by atoms with E-state index in [0.717, 1.165) is 24.4 Å². The first-order chi connectivity index (χ1) is 10.1. The third kappa shape index (κ3) is 4.99. The molecule has 1 aliphatic rings. The molecule has 1 amide bonds. The van der Waals surface area contributed by atoms with Crippen molar-refractivity contribution in [3.05, 3.63) is 34.9 Å². The number of halogens is 1. The summed E-state index contributed by atoms with van der Waals surface area (Å²) in [5.74, 6) is 0.570. The molecule has 1 aliphatic heterocycles. The Balaban J connectivity index is 1.64.